The summed E-state index contributed by atoms with van der Waals surface area (Å²) in [4.78, 5) is 22.8. The van der Waals surface area contributed by atoms with Crippen molar-refractivity contribution in [3.63, 3.8) is 0 Å². The molecule has 21 heavy (non-hydrogen) atoms. The zero-order chi connectivity index (χ0) is 15.2. The molecule has 2 aromatic rings. The van der Waals surface area contributed by atoms with Crippen LogP contribution in [0.3, 0.4) is 0 Å². The van der Waals surface area contributed by atoms with Crippen LogP contribution in [-0.2, 0) is 11.2 Å². The van der Waals surface area contributed by atoms with Crippen molar-refractivity contribution in [3.05, 3.63) is 59.7 Å². The van der Waals surface area contributed by atoms with Gasteiger partial charge in [0.1, 0.15) is 0 Å². The third-order valence-electron chi connectivity index (χ3n) is 2.80. The van der Waals surface area contributed by atoms with Crippen LogP contribution >= 0.6 is 0 Å². The first-order chi connectivity index (χ1) is 10.1. The van der Waals surface area contributed by atoms with E-state index in [9.17, 15) is 9.59 Å². The summed E-state index contributed by atoms with van der Waals surface area (Å²) >= 11 is 0. The highest BCUT2D eigenvalue weighted by atomic mass is 16.6. The predicted octanol–water partition coefficient (Wildman–Crippen LogP) is 2.54. The van der Waals surface area contributed by atoms with Gasteiger partial charge in [0.15, 0.2) is 11.5 Å². The lowest BCUT2D eigenvalue weighted by atomic mass is 10.1. The second kappa shape index (κ2) is 6.56. The van der Waals surface area contributed by atoms with Gasteiger partial charge in [-0.3, -0.25) is 4.79 Å². The van der Waals surface area contributed by atoms with Crippen LogP contribution < -0.4 is 9.47 Å². The van der Waals surface area contributed by atoms with Crippen molar-refractivity contribution in [2.45, 2.75) is 6.42 Å². The minimum atomic E-state index is -0.958. The molecule has 2 aromatic carbocycles. The Morgan fingerprint density at radius 1 is 1.05 bits per heavy atom. The number of hydrogen-bond acceptors (Lipinski definition) is 4. The number of hydrogen-bond donors (Lipinski definition) is 1. The first-order valence-corrected chi connectivity index (χ1v) is 6.26. The van der Waals surface area contributed by atoms with Gasteiger partial charge in [0, 0.05) is 0 Å². The number of carboxylic acid groups (broad SMARTS) is 1. The standard InChI is InChI=1S/C16H14O5/c1-20-13-8-7-11(10-15(17)18)9-14(13)21-16(19)12-5-3-2-4-6-12/h2-9H,10H2,1H3,(H,17,18). The third-order valence-corrected chi connectivity index (χ3v) is 2.80. The highest BCUT2D eigenvalue weighted by Gasteiger charge is 2.13. The van der Waals surface area contributed by atoms with Gasteiger partial charge in [-0.15, -0.1) is 0 Å². The number of aliphatic carboxylic acids is 1. The van der Waals surface area contributed by atoms with E-state index in [0.717, 1.165) is 0 Å². The summed E-state index contributed by atoms with van der Waals surface area (Å²) < 4.78 is 10.4. The number of carbonyl (C=O) groups is 2. The molecule has 0 heterocycles. The lowest BCUT2D eigenvalue weighted by Crippen LogP contribution is -2.09. The fourth-order valence-electron chi connectivity index (χ4n) is 1.82. The molecule has 0 unspecified atom stereocenters. The van der Waals surface area contributed by atoms with E-state index in [1.807, 2.05) is 0 Å². The van der Waals surface area contributed by atoms with E-state index in [-0.39, 0.29) is 12.2 Å². The molecule has 0 spiro atoms. The second-order valence-corrected chi connectivity index (χ2v) is 4.31. The molecule has 0 fully saturated rings. The first kappa shape index (κ1) is 14.6. The minimum absolute atomic E-state index is 0.153. The Labute approximate surface area is 121 Å². The first-order valence-electron chi connectivity index (χ1n) is 6.26. The van der Waals surface area contributed by atoms with Crippen molar-refractivity contribution >= 4 is 11.9 Å². The summed E-state index contributed by atoms with van der Waals surface area (Å²) in [6, 6.07) is 13.2. The molecule has 0 aliphatic heterocycles. The van der Waals surface area contributed by atoms with Gasteiger partial charge < -0.3 is 14.6 Å². The molecule has 0 aliphatic carbocycles. The Morgan fingerprint density at radius 3 is 2.38 bits per heavy atom. The second-order valence-electron chi connectivity index (χ2n) is 4.31. The molecule has 0 aliphatic rings. The van der Waals surface area contributed by atoms with Crippen molar-refractivity contribution in [1.29, 1.82) is 0 Å². The van der Waals surface area contributed by atoms with E-state index in [1.54, 1.807) is 42.5 Å². The zero-order valence-corrected chi connectivity index (χ0v) is 11.4. The topological polar surface area (TPSA) is 72.8 Å². The van der Waals surface area contributed by atoms with Crippen molar-refractivity contribution < 1.29 is 24.2 Å². The summed E-state index contributed by atoms with van der Waals surface area (Å²) in [5, 5.41) is 8.81. The number of benzene rings is 2. The van der Waals surface area contributed by atoms with E-state index >= 15 is 0 Å². The van der Waals surface area contributed by atoms with Gasteiger partial charge in [-0.05, 0) is 29.8 Å². The van der Waals surface area contributed by atoms with Gasteiger partial charge >= 0.3 is 11.9 Å². The molecule has 0 saturated carbocycles. The van der Waals surface area contributed by atoms with Gasteiger partial charge in [-0.25, -0.2) is 4.79 Å². The van der Waals surface area contributed by atoms with E-state index in [4.69, 9.17) is 14.6 Å². The molecule has 0 atom stereocenters. The van der Waals surface area contributed by atoms with Gasteiger partial charge in [0.2, 0.25) is 0 Å². The lowest BCUT2D eigenvalue weighted by molar-refractivity contribution is -0.136. The van der Waals surface area contributed by atoms with Crippen LogP contribution in [0.1, 0.15) is 15.9 Å². The molecule has 108 valence electrons. The zero-order valence-electron chi connectivity index (χ0n) is 11.4. The van der Waals surface area contributed by atoms with Crippen molar-refractivity contribution in [2.24, 2.45) is 0 Å². The van der Waals surface area contributed by atoms with Crippen LogP contribution in [0, 0.1) is 0 Å². The summed E-state index contributed by atoms with van der Waals surface area (Å²) in [6.07, 6.45) is -0.153. The summed E-state index contributed by atoms with van der Waals surface area (Å²) in [5.74, 6) is -0.916. The summed E-state index contributed by atoms with van der Waals surface area (Å²) in [7, 11) is 1.45. The number of ether oxygens (including phenoxy) is 2. The van der Waals surface area contributed by atoms with Crippen LogP contribution in [0.2, 0.25) is 0 Å². The van der Waals surface area contributed by atoms with Crippen molar-refractivity contribution in [1.82, 2.24) is 0 Å². The third kappa shape index (κ3) is 3.82. The fourth-order valence-corrected chi connectivity index (χ4v) is 1.82. The molecule has 0 amide bonds. The molecule has 0 saturated heterocycles. The predicted molar refractivity (Wildman–Crippen MR) is 75.7 cm³/mol. The fraction of sp³-hybridized carbons (Fsp3) is 0.125. The molecule has 5 heteroatoms. The van der Waals surface area contributed by atoms with Crippen LogP contribution in [0.5, 0.6) is 11.5 Å². The maximum Gasteiger partial charge on any atom is 0.343 e. The number of carbonyl (C=O) groups excluding carboxylic acids is 1. The largest absolute Gasteiger partial charge is 0.493 e. The molecular weight excluding hydrogens is 272 g/mol. The Balaban J connectivity index is 2.25. The monoisotopic (exact) mass is 286 g/mol. The number of carboxylic acids is 1. The maximum absolute atomic E-state index is 12.0. The molecule has 1 N–H and O–H groups in total. The molecule has 2 rings (SSSR count). The number of esters is 1. The highest BCUT2D eigenvalue weighted by Crippen LogP contribution is 2.29. The molecule has 0 aromatic heterocycles. The Bertz CT molecular complexity index is 649. The van der Waals surface area contributed by atoms with E-state index in [1.165, 1.54) is 13.2 Å². The maximum atomic E-state index is 12.0. The smallest absolute Gasteiger partial charge is 0.343 e. The molecular formula is C16H14O5. The van der Waals surface area contributed by atoms with Gasteiger partial charge in [-0.2, -0.15) is 0 Å². The molecule has 5 nitrogen and oxygen atoms in total. The van der Waals surface area contributed by atoms with E-state index < -0.39 is 11.9 Å². The van der Waals surface area contributed by atoms with Crippen molar-refractivity contribution in [2.75, 3.05) is 7.11 Å². The van der Waals surface area contributed by atoms with Crippen LogP contribution in [-0.4, -0.2) is 24.2 Å². The van der Waals surface area contributed by atoms with Crippen LogP contribution in [0.4, 0.5) is 0 Å². The average Bonchev–Trinajstić information content (AvgIpc) is 2.48. The number of rotatable bonds is 5. The molecule has 0 radical (unpaired) electrons. The van der Waals surface area contributed by atoms with Gasteiger partial charge in [0.25, 0.3) is 0 Å². The highest BCUT2D eigenvalue weighted by molar-refractivity contribution is 5.91. The Kier molecular flexibility index (Phi) is 4.56. The Hall–Kier alpha value is -2.82. The Morgan fingerprint density at radius 2 is 1.76 bits per heavy atom. The van der Waals surface area contributed by atoms with Crippen molar-refractivity contribution in [3.8, 4) is 11.5 Å². The quantitative estimate of drug-likeness (QED) is 0.675. The minimum Gasteiger partial charge on any atom is -0.493 e. The van der Waals surface area contributed by atoms with Gasteiger partial charge in [0.05, 0.1) is 19.1 Å². The number of methoxy groups -OCH3 is 1. The molecule has 0 bridgehead atoms. The lowest BCUT2D eigenvalue weighted by Gasteiger charge is -2.10. The summed E-state index contributed by atoms with van der Waals surface area (Å²) in [6.45, 7) is 0. The van der Waals surface area contributed by atoms with Crippen LogP contribution in [0.25, 0.3) is 0 Å². The average molecular weight is 286 g/mol. The van der Waals surface area contributed by atoms with Crippen LogP contribution in [0.15, 0.2) is 48.5 Å². The summed E-state index contributed by atoms with van der Waals surface area (Å²) in [5.41, 5.74) is 0.933. The normalized spacial score (nSPS) is 9.95. The van der Waals surface area contributed by atoms with Gasteiger partial charge in [-0.1, -0.05) is 24.3 Å². The SMILES string of the molecule is COc1ccc(CC(=O)O)cc1OC(=O)c1ccccc1. The van der Waals surface area contributed by atoms with E-state index in [0.29, 0.717) is 16.9 Å². The van der Waals surface area contributed by atoms with E-state index in [2.05, 4.69) is 0 Å².